The van der Waals surface area contributed by atoms with Gasteiger partial charge in [-0.25, -0.2) is 14.6 Å². The molecule has 2 aromatic heterocycles. The van der Waals surface area contributed by atoms with Crippen LogP contribution in [0.5, 0.6) is 11.8 Å². The van der Waals surface area contributed by atoms with Crippen molar-refractivity contribution in [2.24, 2.45) is 13.0 Å². The molecule has 6 rings (SSSR count). The van der Waals surface area contributed by atoms with Crippen molar-refractivity contribution in [2.45, 2.75) is 25.4 Å². The van der Waals surface area contributed by atoms with E-state index >= 15 is 0 Å². The van der Waals surface area contributed by atoms with E-state index < -0.39 is 0 Å². The first-order valence-electron chi connectivity index (χ1n) is 9.23. The van der Waals surface area contributed by atoms with Crippen LogP contribution < -0.4 is 15.0 Å². The molecule has 1 saturated carbocycles. The third kappa shape index (κ3) is 3.03. The number of nitrogens with zero attached hydrogens (tertiary/aromatic N) is 6. The van der Waals surface area contributed by atoms with E-state index in [2.05, 4.69) is 30.3 Å². The predicted octanol–water partition coefficient (Wildman–Crippen LogP) is 3.05. The van der Waals surface area contributed by atoms with E-state index in [1.165, 1.54) is 0 Å². The van der Waals surface area contributed by atoms with Crippen LogP contribution in [0.2, 0.25) is 5.02 Å². The molecule has 3 fully saturated rings. The topological polar surface area (TPSA) is 81.0 Å². The van der Waals surface area contributed by atoms with E-state index in [4.69, 9.17) is 16.3 Å². The van der Waals surface area contributed by atoms with Crippen molar-refractivity contribution in [1.82, 2.24) is 24.7 Å². The summed E-state index contributed by atoms with van der Waals surface area (Å²) in [6.45, 7) is 2.97. The van der Waals surface area contributed by atoms with Crippen molar-refractivity contribution in [3.05, 3.63) is 47.4 Å². The monoisotopic (exact) mass is 397 g/mol. The van der Waals surface area contributed by atoms with Gasteiger partial charge in [0.25, 0.3) is 0 Å². The van der Waals surface area contributed by atoms with Gasteiger partial charge in [0.2, 0.25) is 5.95 Å². The van der Waals surface area contributed by atoms with Crippen LogP contribution in [0, 0.1) is 12.8 Å². The Labute approximate surface area is 167 Å². The maximum Gasteiger partial charge on any atom is 0.321 e. The Morgan fingerprint density at radius 1 is 1.25 bits per heavy atom. The number of nitrogens with one attached hydrogen (secondary N) is 1. The number of hydrogen-bond donors (Lipinski definition) is 1. The quantitative estimate of drug-likeness (QED) is 0.708. The normalized spacial score (nSPS) is 22.8. The highest BCUT2D eigenvalue weighted by molar-refractivity contribution is 6.30. The number of aryl methyl sites for hydroxylation is 2. The molecule has 1 aliphatic carbocycles. The molecular formula is C19H20ClN7O. The third-order valence-corrected chi connectivity index (χ3v) is 5.64. The first kappa shape index (κ1) is 17.2. The average molecular weight is 398 g/mol. The molecule has 1 aromatic carbocycles. The number of rotatable bonds is 5. The molecule has 3 aliphatic rings. The number of hydrogen-bond acceptors (Lipinski definition) is 7. The molecule has 1 N–H and O–H groups in total. The molecule has 144 valence electrons. The molecule has 8 nitrogen and oxygen atoms in total. The van der Waals surface area contributed by atoms with E-state index in [1.807, 2.05) is 32.2 Å². The Bertz CT molecular complexity index is 1020. The Balaban J connectivity index is 1.29. The summed E-state index contributed by atoms with van der Waals surface area (Å²) in [7, 11) is 1.81. The van der Waals surface area contributed by atoms with Crippen molar-refractivity contribution >= 4 is 23.4 Å². The van der Waals surface area contributed by atoms with Gasteiger partial charge in [-0.2, -0.15) is 4.98 Å². The molecule has 0 amide bonds. The summed E-state index contributed by atoms with van der Waals surface area (Å²) in [4.78, 5) is 15.5. The summed E-state index contributed by atoms with van der Waals surface area (Å²) in [5, 5.41) is 8.55. The maximum absolute atomic E-state index is 6.02. The van der Waals surface area contributed by atoms with Crippen LogP contribution in [-0.2, 0) is 7.05 Å². The minimum atomic E-state index is 0.302. The molecule has 3 atom stereocenters. The fraction of sp³-hybridized carbons (Fsp3) is 0.368. The zero-order valence-corrected chi connectivity index (χ0v) is 16.3. The summed E-state index contributed by atoms with van der Waals surface area (Å²) in [6, 6.07) is 10.4. The van der Waals surface area contributed by atoms with E-state index in [-0.39, 0.29) is 0 Å². The van der Waals surface area contributed by atoms with Crippen molar-refractivity contribution in [2.75, 3.05) is 16.8 Å². The first-order valence-corrected chi connectivity index (χ1v) is 9.61. The maximum atomic E-state index is 6.02. The molecule has 0 radical (unpaired) electrons. The third-order valence-electron chi connectivity index (χ3n) is 5.41. The number of aromatic nitrogens is 5. The molecule has 3 unspecified atom stereocenters. The van der Waals surface area contributed by atoms with Gasteiger partial charge in [0.15, 0.2) is 0 Å². The smallest absolute Gasteiger partial charge is 0.321 e. The molecule has 3 aromatic rings. The van der Waals surface area contributed by atoms with Gasteiger partial charge in [-0.3, -0.25) is 0 Å². The molecular weight excluding hydrogens is 378 g/mol. The minimum absolute atomic E-state index is 0.302. The van der Waals surface area contributed by atoms with Gasteiger partial charge in [0.05, 0.1) is 12.1 Å². The summed E-state index contributed by atoms with van der Waals surface area (Å²) >= 11 is 6.02. The number of benzene rings is 1. The lowest BCUT2D eigenvalue weighted by atomic mass is 9.80. The molecule has 2 aliphatic heterocycles. The largest absolute Gasteiger partial charge is 0.424 e. The zero-order valence-electron chi connectivity index (χ0n) is 15.6. The molecule has 2 bridgehead atoms. The van der Waals surface area contributed by atoms with Gasteiger partial charge < -0.3 is 15.0 Å². The van der Waals surface area contributed by atoms with Crippen LogP contribution in [0.25, 0.3) is 0 Å². The average Bonchev–Trinajstić information content (AvgIpc) is 3.34. The number of halogens is 1. The van der Waals surface area contributed by atoms with E-state index in [1.54, 1.807) is 23.1 Å². The Morgan fingerprint density at radius 2 is 2.14 bits per heavy atom. The highest BCUT2D eigenvalue weighted by atomic mass is 35.5. The van der Waals surface area contributed by atoms with Crippen LogP contribution in [0.15, 0.2) is 36.7 Å². The zero-order chi connectivity index (χ0) is 19.3. The van der Waals surface area contributed by atoms with Gasteiger partial charge in [-0.05, 0) is 31.5 Å². The van der Waals surface area contributed by atoms with E-state index in [0.29, 0.717) is 40.7 Å². The molecule has 4 heterocycles. The first-order chi connectivity index (χ1) is 13.6. The van der Waals surface area contributed by atoms with Gasteiger partial charge in [-0.15, -0.1) is 5.10 Å². The lowest BCUT2D eigenvalue weighted by Gasteiger charge is -2.36. The standard InChI is InChI=1S/C19H20ClN7O/c1-11-6-16(22-10-21-11)27-9-12-7-15(27)17(12)23-18-24-19(26(2)25-18)28-14-5-3-4-13(20)8-14/h3-6,8,10,12,15,17H,7,9H2,1-2H3,(H,23,25). The minimum Gasteiger partial charge on any atom is -0.424 e. The number of fused-ring (bicyclic) bond motifs is 1. The lowest BCUT2D eigenvalue weighted by molar-refractivity contribution is 0.332. The second-order valence-electron chi connectivity index (χ2n) is 7.30. The SMILES string of the molecule is Cc1cc(N2CC3CC2C3Nc2nc(Oc3cccc(Cl)c3)n(C)n2)ncn1. The van der Waals surface area contributed by atoms with Crippen molar-refractivity contribution in [1.29, 1.82) is 0 Å². The van der Waals surface area contributed by atoms with Gasteiger partial charge in [0, 0.05) is 36.3 Å². The summed E-state index contributed by atoms with van der Waals surface area (Å²) in [5.74, 6) is 2.74. The summed E-state index contributed by atoms with van der Waals surface area (Å²) < 4.78 is 7.43. The van der Waals surface area contributed by atoms with Crippen LogP contribution in [0.4, 0.5) is 11.8 Å². The lowest BCUT2D eigenvalue weighted by Crippen LogP contribution is -2.49. The van der Waals surface area contributed by atoms with Crippen molar-refractivity contribution in [3.8, 4) is 11.8 Å². The predicted molar refractivity (Wildman–Crippen MR) is 106 cm³/mol. The second-order valence-corrected chi connectivity index (χ2v) is 7.74. The Hall–Kier alpha value is -2.87. The summed E-state index contributed by atoms with van der Waals surface area (Å²) in [6.07, 6.45) is 2.78. The summed E-state index contributed by atoms with van der Waals surface area (Å²) in [5.41, 5.74) is 0.979. The van der Waals surface area contributed by atoms with Crippen LogP contribution in [-0.4, -0.2) is 43.4 Å². The van der Waals surface area contributed by atoms with Crippen LogP contribution >= 0.6 is 11.6 Å². The van der Waals surface area contributed by atoms with Crippen molar-refractivity contribution in [3.63, 3.8) is 0 Å². The fourth-order valence-electron chi connectivity index (χ4n) is 4.00. The Morgan fingerprint density at radius 3 is 2.96 bits per heavy atom. The molecule has 9 heteroatoms. The second kappa shape index (κ2) is 6.63. The molecule has 28 heavy (non-hydrogen) atoms. The van der Waals surface area contributed by atoms with Gasteiger partial charge >= 0.3 is 6.01 Å². The number of ether oxygens (including phenoxy) is 1. The Kier molecular flexibility index (Phi) is 4.08. The van der Waals surface area contributed by atoms with Crippen LogP contribution in [0.1, 0.15) is 12.1 Å². The van der Waals surface area contributed by atoms with E-state index in [9.17, 15) is 0 Å². The van der Waals surface area contributed by atoms with E-state index in [0.717, 1.165) is 24.5 Å². The highest BCUT2D eigenvalue weighted by Gasteiger charge is 2.53. The van der Waals surface area contributed by atoms with Gasteiger partial charge in [0.1, 0.15) is 17.9 Å². The number of anilines is 2. The molecule has 2 saturated heterocycles. The highest BCUT2D eigenvalue weighted by Crippen LogP contribution is 2.44. The van der Waals surface area contributed by atoms with Gasteiger partial charge in [-0.1, -0.05) is 17.7 Å². The molecule has 0 spiro atoms. The fourth-order valence-corrected chi connectivity index (χ4v) is 4.18. The van der Waals surface area contributed by atoms with Crippen molar-refractivity contribution < 1.29 is 4.74 Å². The van der Waals surface area contributed by atoms with Crippen LogP contribution in [0.3, 0.4) is 0 Å².